The predicted molar refractivity (Wildman–Crippen MR) is 95.3 cm³/mol. The van der Waals surface area contributed by atoms with E-state index in [1.54, 1.807) is 19.1 Å². The molecule has 0 bridgehead atoms. The molecule has 3 N–H and O–H groups in total. The van der Waals surface area contributed by atoms with Crippen molar-refractivity contribution >= 4 is 41.0 Å². The summed E-state index contributed by atoms with van der Waals surface area (Å²) in [5.41, 5.74) is 2.91. The normalized spacial score (nSPS) is 10.5. The van der Waals surface area contributed by atoms with Crippen LogP contribution in [0.1, 0.15) is 11.1 Å². The van der Waals surface area contributed by atoms with E-state index in [-0.39, 0.29) is 5.56 Å². The van der Waals surface area contributed by atoms with Crippen LogP contribution in [0, 0.1) is 17.0 Å². The number of carbonyl (C=O) groups is 2. The third kappa shape index (κ3) is 4.77. The molecule has 0 aliphatic heterocycles. The summed E-state index contributed by atoms with van der Waals surface area (Å²) in [5, 5.41) is 26.4. The summed E-state index contributed by atoms with van der Waals surface area (Å²) in [5.74, 6) is -2.49. The SMILES string of the molecule is Cc1ccc(NC(=O)C(=O)N/N=C/c2ccc(O)c([N+](=O)[O-])c2)cc1Cl. The molecular weight excluding hydrogens is 364 g/mol. The van der Waals surface area contributed by atoms with Crippen molar-refractivity contribution in [2.75, 3.05) is 5.32 Å². The molecule has 0 radical (unpaired) electrons. The second kappa shape index (κ2) is 8.08. The second-order valence-corrected chi connectivity index (χ2v) is 5.53. The molecule has 2 aromatic rings. The van der Waals surface area contributed by atoms with Gasteiger partial charge in [0, 0.05) is 22.3 Å². The first kappa shape index (κ1) is 18.9. The van der Waals surface area contributed by atoms with Crippen LogP contribution in [-0.4, -0.2) is 28.1 Å². The van der Waals surface area contributed by atoms with Gasteiger partial charge in [0.05, 0.1) is 11.1 Å². The van der Waals surface area contributed by atoms with Gasteiger partial charge in [-0.15, -0.1) is 0 Å². The van der Waals surface area contributed by atoms with Gasteiger partial charge in [-0.05, 0) is 36.8 Å². The summed E-state index contributed by atoms with van der Waals surface area (Å²) in [7, 11) is 0. The van der Waals surface area contributed by atoms with Crippen molar-refractivity contribution < 1.29 is 19.6 Å². The van der Waals surface area contributed by atoms with Crippen molar-refractivity contribution in [3.05, 3.63) is 62.7 Å². The number of aromatic hydroxyl groups is 1. The number of halogens is 1. The Morgan fingerprint density at radius 3 is 2.62 bits per heavy atom. The standard InChI is InChI=1S/C16H13ClN4O5/c1-9-2-4-11(7-12(9)17)19-15(23)16(24)20-18-8-10-3-5-14(22)13(6-10)21(25)26/h2-8,22H,1H3,(H,19,23)(H,20,24)/b18-8+. The van der Waals surface area contributed by atoms with Gasteiger partial charge in [0.25, 0.3) is 0 Å². The Balaban J connectivity index is 1.98. The summed E-state index contributed by atoms with van der Waals surface area (Å²) in [6, 6.07) is 8.32. The zero-order chi connectivity index (χ0) is 19.3. The molecule has 9 nitrogen and oxygen atoms in total. The Morgan fingerprint density at radius 2 is 1.96 bits per heavy atom. The monoisotopic (exact) mass is 376 g/mol. The number of hydrazone groups is 1. The highest BCUT2D eigenvalue weighted by atomic mass is 35.5. The van der Waals surface area contributed by atoms with E-state index in [1.165, 1.54) is 12.1 Å². The summed E-state index contributed by atoms with van der Waals surface area (Å²) >= 11 is 5.93. The number of phenolic OH excluding ortho intramolecular Hbond substituents is 1. The van der Waals surface area contributed by atoms with Gasteiger partial charge in [-0.2, -0.15) is 5.10 Å². The average molecular weight is 377 g/mol. The molecule has 0 aliphatic carbocycles. The van der Waals surface area contributed by atoms with E-state index in [1.807, 2.05) is 5.43 Å². The number of phenols is 1. The minimum absolute atomic E-state index is 0.250. The fourth-order valence-electron chi connectivity index (χ4n) is 1.84. The lowest BCUT2D eigenvalue weighted by Gasteiger charge is -2.05. The van der Waals surface area contributed by atoms with Crippen molar-refractivity contribution in [1.29, 1.82) is 0 Å². The molecule has 26 heavy (non-hydrogen) atoms. The Morgan fingerprint density at radius 1 is 1.23 bits per heavy atom. The number of nitrogens with zero attached hydrogens (tertiary/aromatic N) is 2. The highest BCUT2D eigenvalue weighted by Crippen LogP contribution is 2.25. The van der Waals surface area contributed by atoms with E-state index in [9.17, 15) is 24.8 Å². The van der Waals surface area contributed by atoms with Crippen molar-refractivity contribution in [3.63, 3.8) is 0 Å². The molecule has 0 fully saturated rings. The summed E-state index contributed by atoms with van der Waals surface area (Å²) < 4.78 is 0. The maximum Gasteiger partial charge on any atom is 0.329 e. The van der Waals surface area contributed by atoms with Crippen molar-refractivity contribution in [3.8, 4) is 5.75 Å². The van der Waals surface area contributed by atoms with Gasteiger partial charge in [0.15, 0.2) is 5.75 Å². The first-order chi connectivity index (χ1) is 12.3. The number of rotatable bonds is 4. The van der Waals surface area contributed by atoms with Crippen LogP contribution in [0.3, 0.4) is 0 Å². The molecule has 0 unspecified atom stereocenters. The van der Waals surface area contributed by atoms with Gasteiger partial charge in [-0.3, -0.25) is 19.7 Å². The summed E-state index contributed by atoms with van der Waals surface area (Å²) in [4.78, 5) is 33.5. The smallest absolute Gasteiger partial charge is 0.329 e. The third-order valence-electron chi connectivity index (χ3n) is 3.21. The lowest BCUT2D eigenvalue weighted by molar-refractivity contribution is -0.385. The average Bonchev–Trinajstić information content (AvgIpc) is 2.59. The Bertz CT molecular complexity index is 914. The minimum Gasteiger partial charge on any atom is -0.502 e. The number of nitro groups is 1. The molecule has 0 saturated heterocycles. The molecule has 0 saturated carbocycles. The van der Waals surface area contributed by atoms with Crippen LogP contribution in [0.25, 0.3) is 0 Å². The number of hydrogen-bond donors (Lipinski definition) is 3. The highest BCUT2D eigenvalue weighted by molar-refractivity contribution is 6.39. The fraction of sp³-hybridized carbons (Fsp3) is 0.0625. The van der Waals surface area contributed by atoms with Gasteiger partial charge in [0.1, 0.15) is 0 Å². The number of benzene rings is 2. The molecular formula is C16H13ClN4O5. The van der Waals surface area contributed by atoms with E-state index in [4.69, 9.17) is 11.6 Å². The largest absolute Gasteiger partial charge is 0.502 e. The number of carbonyl (C=O) groups excluding carboxylic acids is 2. The maximum atomic E-state index is 11.8. The molecule has 2 aromatic carbocycles. The number of aryl methyl sites for hydroxylation is 1. The van der Waals surface area contributed by atoms with E-state index in [0.29, 0.717) is 10.7 Å². The van der Waals surface area contributed by atoms with Gasteiger partial charge in [-0.1, -0.05) is 17.7 Å². The van der Waals surface area contributed by atoms with Crippen LogP contribution >= 0.6 is 11.6 Å². The lowest BCUT2D eigenvalue weighted by Crippen LogP contribution is -2.32. The first-order valence-corrected chi connectivity index (χ1v) is 7.53. The molecule has 0 aromatic heterocycles. The Kier molecular flexibility index (Phi) is 5.86. The van der Waals surface area contributed by atoms with Gasteiger partial charge in [-0.25, -0.2) is 5.43 Å². The Hall–Kier alpha value is -3.46. The molecule has 0 atom stereocenters. The van der Waals surface area contributed by atoms with Crippen LogP contribution in [-0.2, 0) is 9.59 Å². The third-order valence-corrected chi connectivity index (χ3v) is 3.62. The first-order valence-electron chi connectivity index (χ1n) is 7.16. The van der Waals surface area contributed by atoms with E-state index in [2.05, 4.69) is 10.4 Å². The van der Waals surface area contributed by atoms with Crippen LogP contribution in [0.15, 0.2) is 41.5 Å². The second-order valence-electron chi connectivity index (χ2n) is 5.12. The fourth-order valence-corrected chi connectivity index (χ4v) is 2.02. The van der Waals surface area contributed by atoms with Crippen molar-refractivity contribution in [1.82, 2.24) is 5.43 Å². The predicted octanol–water partition coefficient (Wildman–Crippen LogP) is 2.35. The van der Waals surface area contributed by atoms with E-state index >= 15 is 0 Å². The molecule has 134 valence electrons. The van der Waals surface area contributed by atoms with Gasteiger partial charge < -0.3 is 10.4 Å². The maximum absolute atomic E-state index is 11.8. The molecule has 2 rings (SSSR count). The zero-order valence-corrected chi connectivity index (χ0v) is 14.1. The van der Waals surface area contributed by atoms with Gasteiger partial charge >= 0.3 is 17.5 Å². The summed E-state index contributed by atoms with van der Waals surface area (Å²) in [6.07, 6.45) is 1.10. The number of nitrogens with one attached hydrogen (secondary N) is 2. The molecule has 10 heteroatoms. The number of amides is 2. The minimum atomic E-state index is -1.04. The van der Waals surface area contributed by atoms with Crippen LogP contribution in [0.2, 0.25) is 5.02 Å². The summed E-state index contributed by atoms with van der Waals surface area (Å²) in [6.45, 7) is 1.79. The van der Waals surface area contributed by atoms with Crippen LogP contribution < -0.4 is 10.7 Å². The Labute approximate surface area is 152 Å². The number of hydrogen-bond acceptors (Lipinski definition) is 6. The number of anilines is 1. The van der Waals surface area contributed by atoms with Crippen molar-refractivity contribution in [2.45, 2.75) is 6.92 Å². The molecule has 0 spiro atoms. The quantitative estimate of drug-likeness (QED) is 0.326. The van der Waals surface area contributed by atoms with Gasteiger partial charge in [0.2, 0.25) is 0 Å². The molecule has 2 amide bonds. The van der Waals surface area contributed by atoms with Crippen LogP contribution in [0.4, 0.5) is 11.4 Å². The van der Waals surface area contributed by atoms with Crippen LogP contribution in [0.5, 0.6) is 5.75 Å². The number of nitro benzene ring substituents is 1. The van der Waals surface area contributed by atoms with E-state index < -0.39 is 28.2 Å². The van der Waals surface area contributed by atoms with E-state index in [0.717, 1.165) is 23.9 Å². The molecule has 0 aliphatic rings. The lowest BCUT2D eigenvalue weighted by atomic mass is 10.2. The zero-order valence-electron chi connectivity index (χ0n) is 13.4. The topological polar surface area (TPSA) is 134 Å². The van der Waals surface area contributed by atoms with Crippen molar-refractivity contribution in [2.24, 2.45) is 5.10 Å². The molecule has 0 heterocycles. The highest BCUT2D eigenvalue weighted by Gasteiger charge is 2.14.